The molecule has 0 saturated heterocycles. The molecule has 1 atom stereocenters. The van der Waals surface area contributed by atoms with Crippen LogP contribution in [-0.4, -0.2) is 28.6 Å². The number of rotatable bonds is 6. The van der Waals surface area contributed by atoms with Gasteiger partial charge < -0.3 is 15.2 Å². The lowest BCUT2D eigenvalue weighted by Crippen LogP contribution is -2.33. The number of aromatic nitrogens is 1. The van der Waals surface area contributed by atoms with Gasteiger partial charge in [-0.25, -0.2) is 4.79 Å². The van der Waals surface area contributed by atoms with Gasteiger partial charge in [0.25, 0.3) is 0 Å². The van der Waals surface area contributed by atoms with E-state index in [0.717, 1.165) is 38.2 Å². The van der Waals surface area contributed by atoms with Crippen LogP contribution in [0.25, 0.3) is 5.00 Å². The second-order valence-electron chi connectivity index (χ2n) is 7.80. The molecule has 1 aliphatic heterocycles. The summed E-state index contributed by atoms with van der Waals surface area (Å²) in [6.45, 7) is 9.56. The number of hydrogen-bond donors (Lipinski definition) is 2. The van der Waals surface area contributed by atoms with Gasteiger partial charge in [0.05, 0.1) is 6.04 Å². The van der Waals surface area contributed by atoms with Crippen LogP contribution in [-0.2, 0) is 19.4 Å². The highest BCUT2D eigenvalue weighted by Crippen LogP contribution is 2.39. The number of anilines is 1. The fraction of sp³-hybridized carbons (Fsp3) is 0.375. The van der Waals surface area contributed by atoms with E-state index in [1.54, 1.807) is 0 Å². The number of carbonyl (C=O) groups is 1. The molecule has 158 valence electrons. The van der Waals surface area contributed by atoms with E-state index >= 15 is 0 Å². The molecule has 1 aromatic carbocycles. The molecule has 0 fully saturated rings. The second kappa shape index (κ2) is 9.06. The van der Waals surface area contributed by atoms with E-state index in [0.29, 0.717) is 0 Å². The van der Waals surface area contributed by atoms with Gasteiger partial charge in [-0.15, -0.1) is 11.3 Å². The molecule has 0 spiro atoms. The lowest BCUT2D eigenvalue weighted by molar-refractivity contribution is 0.249. The van der Waals surface area contributed by atoms with Gasteiger partial charge in [-0.3, -0.25) is 4.90 Å². The van der Waals surface area contributed by atoms with Gasteiger partial charge >= 0.3 is 6.03 Å². The maximum absolute atomic E-state index is 12.7. The Hall–Kier alpha value is -2.57. The number of urea groups is 1. The number of fused-ring (bicyclic) bond motifs is 1. The minimum atomic E-state index is -0.170. The first-order valence-corrected chi connectivity index (χ1v) is 11.6. The number of aryl methyl sites for hydroxylation is 1. The number of carbonyl (C=O) groups excluding carboxylic acids is 1. The van der Waals surface area contributed by atoms with E-state index in [9.17, 15) is 4.79 Å². The molecule has 0 unspecified atom stereocenters. The molecule has 2 aromatic heterocycles. The monoisotopic (exact) mass is 422 g/mol. The van der Waals surface area contributed by atoms with Gasteiger partial charge in [-0.1, -0.05) is 26.0 Å². The minimum Gasteiger partial charge on any atom is -0.331 e. The average molecular weight is 423 g/mol. The summed E-state index contributed by atoms with van der Waals surface area (Å²) in [6.07, 6.45) is 6.19. The fourth-order valence-corrected chi connectivity index (χ4v) is 5.56. The molecule has 6 heteroatoms. The number of hydrogen-bond acceptors (Lipinski definition) is 3. The molecule has 3 heterocycles. The van der Waals surface area contributed by atoms with Gasteiger partial charge in [0, 0.05) is 41.6 Å². The summed E-state index contributed by atoms with van der Waals surface area (Å²) in [6, 6.07) is 11.9. The number of nitrogens with zero attached hydrogens (tertiary/aromatic N) is 2. The smallest absolute Gasteiger partial charge is 0.319 e. The first-order valence-electron chi connectivity index (χ1n) is 10.8. The van der Waals surface area contributed by atoms with Crippen molar-refractivity contribution in [2.45, 2.75) is 46.2 Å². The van der Waals surface area contributed by atoms with Gasteiger partial charge in [0.15, 0.2) is 0 Å². The Kier molecular flexibility index (Phi) is 6.25. The van der Waals surface area contributed by atoms with Gasteiger partial charge in [0.2, 0.25) is 0 Å². The van der Waals surface area contributed by atoms with Crippen molar-refractivity contribution in [3.8, 4) is 5.00 Å². The standard InChI is InChI=1S/C24H30N4OS/c1-4-18-8-10-19(11-9-18)26-24(29)25-17(3)22-20-12-15-27(5-2)16-21(20)30-23(22)28-13-6-7-14-28/h6-11,13-14,17H,4-5,12,15-16H2,1-3H3,(H2,25,26,29)/t17-/m1/s1. The van der Waals surface area contributed by atoms with Crippen LogP contribution in [0.4, 0.5) is 10.5 Å². The second-order valence-corrected chi connectivity index (χ2v) is 8.89. The number of likely N-dealkylation sites (N-methyl/N-ethyl adjacent to an activating group) is 1. The fourth-order valence-electron chi connectivity index (χ4n) is 4.10. The lowest BCUT2D eigenvalue weighted by Gasteiger charge is -2.26. The maximum Gasteiger partial charge on any atom is 0.319 e. The Morgan fingerprint density at radius 3 is 2.57 bits per heavy atom. The summed E-state index contributed by atoms with van der Waals surface area (Å²) in [5.74, 6) is 0. The predicted molar refractivity (Wildman–Crippen MR) is 125 cm³/mol. The molecule has 1 aliphatic rings. The van der Waals surface area contributed by atoms with Crippen molar-refractivity contribution in [3.63, 3.8) is 0 Å². The zero-order valence-corrected chi connectivity index (χ0v) is 18.8. The van der Waals surface area contributed by atoms with E-state index < -0.39 is 0 Å². The zero-order valence-electron chi connectivity index (χ0n) is 17.9. The van der Waals surface area contributed by atoms with Crippen LogP contribution in [0.3, 0.4) is 0 Å². The molecular weight excluding hydrogens is 392 g/mol. The molecule has 30 heavy (non-hydrogen) atoms. The Labute approximate surface area is 182 Å². The summed E-state index contributed by atoms with van der Waals surface area (Å²) in [7, 11) is 0. The van der Waals surface area contributed by atoms with Crippen molar-refractivity contribution < 1.29 is 4.79 Å². The summed E-state index contributed by atoms with van der Waals surface area (Å²) in [5.41, 5.74) is 4.73. The Balaban J connectivity index is 1.56. The third kappa shape index (κ3) is 4.30. The predicted octanol–water partition coefficient (Wildman–Crippen LogP) is 5.36. The number of thiophene rings is 1. The summed E-state index contributed by atoms with van der Waals surface area (Å²) >= 11 is 1.85. The van der Waals surface area contributed by atoms with Crippen molar-refractivity contribution in [3.05, 3.63) is 70.4 Å². The quantitative estimate of drug-likeness (QED) is 0.562. The summed E-state index contributed by atoms with van der Waals surface area (Å²) < 4.78 is 2.17. The lowest BCUT2D eigenvalue weighted by atomic mass is 9.98. The highest BCUT2D eigenvalue weighted by molar-refractivity contribution is 7.15. The zero-order chi connectivity index (χ0) is 21.1. The van der Waals surface area contributed by atoms with E-state index in [4.69, 9.17) is 0 Å². The van der Waals surface area contributed by atoms with Gasteiger partial charge in [0.1, 0.15) is 5.00 Å². The molecule has 0 aliphatic carbocycles. The Morgan fingerprint density at radius 2 is 1.90 bits per heavy atom. The first kappa shape index (κ1) is 20.7. The topological polar surface area (TPSA) is 49.3 Å². The highest BCUT2D eigenvalue weighted by Gasteiger charge is 2.27. The maximum atomic E-state index is 12.7. The Bertz CT molecular complexity index is 991. The molecule has 2 amide bonds. The summed E-state index contributed by atoms with van der Waals surface area (Å²) in [5, 5.41) is 7.35. The third-order valence-corrected chi connectivity index (χ3v) is 7.09. The molecule has 5 nitrogen and oxygen atoms in total. The van der Waals surface area contributed by atoms with Crippen molar-refractivity contribution in [2.75, 3.05) is 18.4 Å². The minimum absolute atomic E-state index is 0.0782. The van der Waals surface area contributed by atoms with E-state index in [2.05, 4.69) is 65.4 Å². The van der Waals surface area contributed by atoms with Crippen molar-refractivity contribution in [1.29, 1.82) is 0 Å². The van der Waals surface area contributed by atoms with Crippen molar-refractivity contribution in [1.82, 2.24) is 14.8 Å². The highest BCUT2D eigenvalue weighted by atomic mass is 32.1. The van der Waals surface area contributed by atoms with Crippen molar-refractivity contribution >= 4 is 23.1 Å². The van der Waals surface area contributed by atoms with Crippen LogP contribution in [0.2, 0.25) is 0 Å². The molecule has 4 rings (SSSR count). The van der Waals surface area contributed by atoms with Crippen LogP contribution in [0.1, 0.15) is 48.4 Å². The Morgan fingerprint density at radius 1 is 1.17 bits per heavy atom. The molecule has 0 radical (unpaired) electrons. The molecular formula is C24H30N4OS. The van der Waals surface area contributed by atoms with E-state index in [1.165, 1.54) is 26.6 Å². The van der Waals surface area contributed by atoms with Crippen LogP contribution in [0.15, 0.2) is 48.8 Å². The number of benzene rings is 1. The first-order chi connectivity index (χ1) is 14.6. The third-order valence-electron chi connectivity index (χ3n) is 5.84. The van der Waals surface area contributed by atoms with Crippen LogP contribution >= 0.6 is 11.3 Å². The summed E-state index contributed by atoms with van der Waals surface area (Å²) in [4.78, 5) is 16.6. The van der Waals surface area contributed by atoms with Crippen LogP contribution in [0.5, 0.6) is 0 Å². The van der Waals surface area contributed by atoms with Crippen LogP contribution in [0, 0.1) is 0 Å². The van der Waals surface area contributed by atoms with Crippen molar-refractivity contribution in [2.24, 2.45) is 0 Å². The number of amides is 2. The van der Waals surface area contributed by atoms with Gasteiger partial charge in [-0.05, 0) is 61.7 Å². The molecule has 0 saturated carbocycles. The molecule has 3 aromatic rings. The van der Waals surface area contributed by atoms with E-state index in [-0.39, 0.29) is 12.1 Å². The average Bonchev–Trinajstić information content (AvgIpc) is 3.41. The van der Waals surface area contributed by atoms with Gasteiger partial charge in [-0.2, -0.15) is 0 Å². The van der Waals surface area contributed by atoms with E-state index in [1.807, 2.05) is 35.6 Å². The largest absolute Gasteiger partial charge is 0.331 e. The molecule has 2 N–H and O–H groups in total. The number of nitrogens with one attached hydrogen (secondary N) is 2. The molecule has 0 bridgehead atoms. The normalized spacial score (nSPS) is 14.9. The van der Waals surface area contributed by atoms with Crippen LogP contribution < -0.4 is 10.6 Å². The SMILES string of the molecule is CCc1ccc(NC(=O)N[C@H](C)c2c(-n3cccc3)sc3c2CCN(CC)C3)cc1.